The van der Waals surface area contributed by atoms with Gasteiger partial charge >= 0.3 is 0 Å². The standard InChI is InChI=1S/C10H14BN3O2/c1-11-6-4-7(9(12)13-5-6)8(15)10(16)14(2)3/h4-5,11H,1-3H3,(H2,12,13). The molecule has 6 heteroatoms. The van der Waals surface area contributed by atoms with Crippen molar-refractivity contribution in [1.82, 2.24) is 9.88 Å². The topological polar surface area (TPSA) is 76.3 Å². The average molecular weight is 219 g/mol. The number of hydrogen-bond donors (Lipinski definition) is 1. The van der Waals surface area contributed by atoms with Gasteiger partial charge in [0.05, 0.1) is 5.56 Å². The van der Waals surface area contributed by atoms with E-state index in [4.69, 9.17) is 5.73 Å². The lowest BCUT2D eigenvalue weighted by atomic mass is 9.74. The van der Waals surface area contributed by atoms with Crippen LogP contribution in [0.15, 0.2) is 12.3 Å². The van der Waals surface area contributed by atoms with Crippen LogP contribution in [0.1, 0.15) is 10.4 Å². The molecule has 0 aromatic carbocycles. The number of aromatic nitrogens is 1. The fraction of sp³-hybridized carbons (Fsp3) is 0.300. The molecule has 0 saturated carbocycles. The second-order valence-electron chi connectivity index (χ2n) is 3.66. The molecule has 0 saturated heterocycles. The minimum Gasteiger partial charge on any atom is -0.383 e. The second-order valence-corrected chi connectivity index (χ2v) is 3.66. The van der Waals surface area contributed by atoms with E-state index >= 15 is 0 Å². The van der Waals surface area contributed by atoms with Crippen molar-refractivity contribution in [2.75, 3.05) is 19.8 Å². The number of pyridine rings is 1. The highest BCUT2D eigenvalue weighted by Gasteiger charge is 2.21. The molecule has 0 aliphatic heterocycles. The Morgan fingerprint density at radius 3 is 2.56 bits per heavy atom. The molecule has 0 unspecified atom stereocenters. The van der Waals surface area contributed by atoms with E-state index in [-0.39, 0.29) is 11.4 Å². The lowest BCUT2D eigenvalue weighted by Crippen LogP contribution is -2.31. The third-order valence-corrected chi connectivity index (χ3v) is 2.23. The van der Waals surface area contributed by atoms with Crippen molar-refractivity contribution in [3.05, 3.63) is 17.8 Å². The molecule has 0 atom stereocenters. The van der Waals surface area contributed by atoms with Gasteiger partial charge in [-0.1, -0.05) is 18.4 Å². The van der Waals surface area contributed by atoms with Crippen LogP contribution in [-0.2, 0) is 4.79 Å². The summed E-state index contributed by atoms with van der Waals surface area (Å²) in [5.41, 5.74) is 6.64. The number of likely N-dealkylation sites (N-methyl/N-ethyl adjacent to an activating group) is 1. The van der Waals surface area contributed by atoms with Gasteiger partial charge in [-0.25, -0.2) is 4.98 Å². The van der Waals surface area contributed by atoms with Crippen LogP contribution in [0, 0.1) is 0 Å². The summed E-state index contributed by atoms with van der Waals surface area (Å²) in [7, 11) is 3.78. The molecule has 1 amide bonds. The van der Waals surface area contributed by atoms with Crippen LogP contribution in [0.3, 0.4) is 0 Å². The molecule has 84 valence electrons. The highest BCUT2D eigenvalue weighted by molar-refractivity contribution is 6.52. The van der Waals surface area contributed by atoms with Crippen LogP contribution in [0.2, 0.25) is 6.82 Å². The molecule has 0 fully saturated rings. The van der Waals surface area contributed by atoms with Gasteiger partial charge in [0, 0.05) is 20.3 Å². The Balaban J connectivity index is 3.12. The van der Waals surface area contributed by atoms with E-state index in [1.54, 1.807) is 12.3 Å². The Morgan fingerprint density at radius 2 is 2.06 bits per heavy atom. The monoisotopic (exact) mass is 219 g/mol. The first-order valence-corrected chi connectivity index (χ1v) is 4.97. The van der Waals surface area contributed by atoms with Gasteiger partial charge in [0.1, 0.15) is 5.82 Å². The van der Waals surface area contributed by atoms with Crippen LogP contribution in [-0.4, -0.2) is 42.9 Å². The highest BCUT2D eigenvalue weighted by atomic mass is 16.2. The fourth-order valence-corrected chi connectivity index (χ4v) is 1.21. The van der Waals surface area contributed by atoms with Gasteiger partial charge in [0.2, 0.25) is 0 Å². The number of amides is 1. The molecule has 1 aromatic heterocycles. The third-order valence-electron chi connectivity index (χ3n) is 2.23. The zero-order valence-electron chi connectivity index (χ0n) is 9.65. The first-order chi connectivity index (χ1) is 7.47. The molecule has 0 aliphatic carbocycles. The first-order valence-electron chi connectivity index (χ1n) is 4.97. The van der Waals surface area contributed by atoms with Gasteiger partial charge in [0.25, 0.3) is 11.7 Å². The van der Waals surface area contributed by atoms with Crippen LogP contribution in [0.25, 0.3) is 0 Å². The maximum Gasteiger partial charge on any atom is 0.294 e. The smallest absolute Gasteiger partial charge is 0.294 e. The summed E-state index contributed by atoms with van der Waals surface area (Å²) in [5, 5.41) is 0. The summed E-state index contributed by atoms with van der Waals surface area (Å²) in [6.45, 7) is 1.94. The normalized spacial score (nSPS) is 9.69. The number of nitrogens with zero attached hydrogens (tertiary/aromatic N) is 2. The Bertz CT molecular complexity index is 432. The molecular formula is C10H14BN3O2. The summed E-state index contributed by atoms with van der Waals surface area (Å²) >= 11 is 0. The van der Waals surface area contributed by atoms with Crippen molar-refractivity contribution < 1.29 is 9.59 Å². The number of hydrogen-bond acceptors (Lipinski definition) is 4. The summed E-state index contributed by atoms with van der Waals surface area (Å²) in [6, 6.07) is 1.62. The quantitative estimate of drug-likeness (QED) is 0.403. The maximum atomic E-state index is 11.8. The Labute approximate surface area is 94.9 Å². The summed E-state index contributed by atoms with van der Waals surface area (Å²) in [6.07, 6.45) is 1.60. The van der Waals surface area contributed by atoms with E-state index in [0.717, 1.165) is 12.7 Å². The van der Waals surface area contributed by atoms with Gasteiger partial charge in [-0.15, -0.1) is 0 Å². The Hall–Kier alpha value is -1.85. The maximum absolute atomic E-state index is 11.8. The SMILES string of the molecule is CBc1cnc(N)c(C(=O)C(=O)N(C)C)c1. The van der Waals surface area contributed by atoms with E-state index in [9.17, 15) is 9.59 Å². The fourth-order valence-electron chi connectivity index (χ4n) is 1.21. The molecule has 0 radical (unpaired) electrons. The van der Waals surface area contributed by atoms with E-state index in [0.29, 0.717) is 0 Å². The number of nitrogen functional groups attached to an aromatic ring is 1. The van der Waals surface area contributed by atoms with E-state index in [2.05, 4.69) is 4.98 Å². The number of anilines is 1. The van der Waals surface area contributed by atoms with E-state index in [1.807, 2.05) is 6.82 Å². The second kappa shape index (κ2) is 4.78. The molecule has 0 bridgehead atoms. The zero-order chi connectivity index (χ0) is 12.3. The van der Waals surface area contributed by atoms with Crippen molar-refractivity contribution in [3.63, 3.8) is 0 Å². The van der Waals surface area contributed by atoms with E-state index in [1.165, 1.54) is 19.0 Å². The Kier molecular flexibility index (Phi) is 3.66. The predicted molar refractivity (Wildman–Crippen MR) is 64.3 cm³/mol. The van der Waals surface area contributed by atoms with Gasteiger partial charge in [-0.05, 0) is 0 Å². The van der Waals surface area contributed by atoms with Crippen molar-refractivity contribution >= 4 is 30.3 Å². The zero-order valence-corrected chi connectivity index (χ0v) is 9.65. The predicted octanol–water partition coefficient (Wildman–Crippen LogP) is -0.955. The number of carbonyl (C=O) groups excluding carboxylic acids is 2. The van der Waals surface area contributed by atoms with Crippen molar-refractivity contribution in [2.45, 2.75) is 6.82 Å². The van der Waals surface area contributed by atoms with Crippen LogP contribution in [0.5, 0.6) is 0 Å². The molecule has 1 heterocycles. The summed E-state index contributed by atoms with van der Waals surface area (Å²) < 4.78 is 0. The first kappa shape index (κ1) is 12.2. The number of ketones is 1. The van der Waals surface area contributed by atoms with Crippen molar-refractivity contribution in [1.29, 1.82) is 0 Å². The average Bonchev–Trinajstić information content (AvgIpc) is 2.27. The molecule has 1 aromatic rings. The van der Waals surface area contributed by atoms with Crippen LogP contribution < -0.4 is 11.2 Å². The van der Waals surface area contributed by atoms with Gasteiger partial charge in [-0.2, -0.15) is 0 Å². The summed E-state index contributed by atoms with van der Waals surface area (Å²) in [4.78, 5) is 28.4. The highest BCUT2D eigenvalue weighted by Crippen LogP contribution is 2.07. The largest absolute Gasteiger partial charge is 0.383 e. The molecule has 0 aliphatic rings. The number of nitrogens with two attached hydrogens (primary N) is 1. The summed E-state index contributed by atoms with van der Waals surface area (Å²) in [5.74, 6) is -1.12. The van der Waals surface area contributed by atoms with Crippen molar-refractivity contribution in [3.8, 4) is 0 Å². The van der Waals surface area contributed by atoms with Crippen molar-refractivity contribution in [2.24, 2.45) is 0 Å². The van der Waals surface area contributed by atoms with Gasteiger partial charge in [0.15, 0.2) is 7.28 Å². The Morgan fingerprint density at radius 1 is 1.44 bits per heavy atom. The van der Waals surface area contributed by atoms with Gasteiger partial charge < -0.3 is 10.6 Å². The molecule has 5 nitrogen and oxygen atoms in total. The third kappa shape index (κ3) is 2.39. The molecule has 0 spiro atoms. The molecular weight excluding hydrogens is 205 g/mol. The van der Waals surface area contributed by atoms with E-state index < -0.39 is 11.7 Å². The molecule has 2 N–H and O–H groups in total. The minimum atomic E-state index is -0.620. The van der Waals surface area contributed by atoms with Crippen LogP contribution >= 0.6 is 0 Å². The number of rotatable bonds is 3. The van der Waals surface area contributed by atoms with Gasteiger partial charge in [-0.3, -0.25) is 9.59 Å². The lowest BCUT2D eigenvalue weighted by Gasteiger charge is -2.10. The van der Waals surface area contributed by atoms with Crippen LogP contribution in [0.4, 0.5) is 5.82 Å². The molecule has 16 heavy (non-hydrogen) atoms. The molecule has 1 rings (SSSR count). The minimum absolute atomic E-state index is 0.0948. The number of Topliss-reactive ketones (excluding diaryl/α,β-unsaturated/α-hetero) is 1. The lowest BCUT2D eigenvalue weighted by molar-refractivity contribution is -0.124. The number of carbonyl (C=O) groups is 2.